The predicted molar refractivity (Wildman–Crippen MR) is 85.2 cm³/mol. The minimum Gasteiger partial charge on any atom is -0.394 e. The van der Waals surface area contributed by atoms with Crippen molar-refractivity contribution >= 4 is 23.0 Å². The SMILES string of the molecule is NCCC(=O)N[C@@H]1[C@H](O)[C@@H](CO)O[C@H]1n1cnc2c(=O)[nH]c(N)nc21. The lowest BCUT2D eigenvalue weighted by molar-refractivity contribution is -0.123. The lowest BCUT2D eigenvalue weighted by Gasteiger charge is -2.22. The van der Waals surface area contributed by atoms with Crippen LogP contribution >= 0.6 is 0 Å². The molecule has 25 heavy (non-hydrogen) atoms. The van der Waals surface area contributed by atoms with Gasteiger partial charge in [0.1, 0.15) is 18.2 Å². The van der Waals surface area contributed by atoms with Crippen LogP contribution in [0.25, 0.3) is 11.2 Å². The highest BCUT2D eigenvalue weighted by Gasteiger charge is 2.45. The van der Waals surface area contributed by atoms with Crippen molar-refractivity contribution in [2.24, 2.45) is 5.73 Å². The summed E-state index contributed by atoms with van der Waals surface area (Å²) >= 11 is 0. The second kappa shape index (κ2) is 6.76. The molecule has 0 spiro atoms. The van der Waals surface area contributed by atoms with Crippen molar-refractivity contribution in [3.63, 3.8) is 0 Å². The number of aromatic nitrogens is 4. The van der Waals surface area contributed by atoms with Crippen LogP contribution in [0, 0.1) is 0 Å². The number of imidazole rings is 1. The maximum atomic E-state index is 11.9. The van der Waals surface area contributed by atoms with Crippen LogP contribution in [0.3, 0.4) is 0 Å². The molecule has 1 aliphatic heterocycles. The number of aromatic amines is 1. The Bertz CT molecular complexity index is 834. The van der Waals surface area contributed by atoms with Gasteiger partial charge in [-0.15, -0.1) is 0 Å². The summed E-state index contributed by atoms with van der Waals surface area (Å²) in [6.07, 6.45) is -1.67. The standard InChI is InChI=1S/C13H19N7O5/c14-2-1-6(22)17-7-9(23)5(3-21)25-12(7)20-4-16-8-10(20)18-13(15)19-11(8)24/h4-5,7,9,12,21,23H,1-3,14H2,(H,17,22)(H3,15,18,19,24)/t5-,7-,9-,12-/m1/s1. The number of fused-ring (bicyclic) bond motifs is 1. The molecule has 0 unspecified atom stereocenters. The second-order valence-electron chi connectivity index (χ2n) is 5.65. The number of hydrogen-bond donors (Lipinski definition) is 6. The molecule has 0 aromatic carbocycles. The van der Waals surface area contributed by atoms with Crippen molar-refractivity contribution in [1.82, 2.24) is 24.8 Å². The Balaban J connectivity index is 2.01. The summed E-state index contributed by atoms with van der Waals surface area (Å²) < 4.78 is 7.01. The van der Waals surface area contributed by atoms with Crippen molar-refractivity contribution in [3.8, 4) is 0 Å². The molecule has 2 aromatic heterocycles. The van der Waals surface area contributed by atoms with E-state index < -0.39 is 36.6 Å². The Hall–Kier alpha value is -2.54. The molecule has 1 aliphatic rings. The van der Waals surface area contributed by atoms with E-state index in [1.54, 1.807) is 0 Å². The fourth-order valence-electron chi connectivity index (χ4n) is 2.81. The van der Waals surface area contributed by atoms with Gasteiger partial charge in [0, 0.05) is 13.0 Å². The molecular weight excluding hydrogens is 334 g/mol. The Labute approximate surface area is 140 Å². The molecule has 2 aromatic rings. The third kappa shape index (κ3) is 3.07. The lowest BCUT2D eigenvalue weighted by Crippen LogP contribution is -2.47. The number of nitrogen functional groups attached to an aromatic ring is 1. The molecule has 0 bridgehead atoms. The first kappa shape index (κ1) is 17.3. The normalized spacial score (nSPS) is 26.2. The molecule has 12 heteroatoms. The molecule has 1 saturated heterocycles. The molecular formula is C13H19N7O5. The van der Waals surface area contributed by atoms with Gasteiger partial charge >= 0.3 is 0 Å². The molecule has 8 N–H and O–H groups in total. The number of anilines is 1. The van der Waals surface area contributed by atoms with Crippen molar-refractivity contribution < 1.29 is 19.7 Å². The Morgan fingerprint density at radius 1 is 1.52 bits per heavy atom. The van der Waals surface area contributed by atoms with Crippen LogP contribution in [0.4, 0.5) is 5.95 Å². The summed E-state index contributed by atoms with van der Waals surface area (Å²) in [7, 11) is 0. The van der Waals surface area contributed by atoms with Gasteiger partial charge in [-0.1, -0.05) is 0 Å². The number of aliphatic hydroxyl groups is 2. The van der Waals surface area contributed by atoms with Crippen molar-refractivity contribution in [2.45, 2.75) is 30.9 Å². The number of carbonyl (C=O) groups is 1. The molecule has 136 valence electrons. The van der Waals surface area contributed by atoms with Crippen LogP contribution in [0.15, 0.2) is 11.1 Å². The van der Waals surface area contributed by atoms with E-state index in [4.69, 9.17) is 16.2 Å². The molecule has 3 heterocycles. The average molecular weight is 353 g/mol. The summed E-state index contributed by atoms with van der Waals surface area (Å²) in [6.45, 7) is -0.311. The van der Waals surface area contributed by atoms with Crippen LogP contribution in [0.5, 0.6) is 0 Å². The van der Waals surface area contributed by atoms with Gasteiger partial charge in [0.2, 0.25) is 11.9 Å². The smallest absolute Gasteiger partial charge is 0.280 e. The Morgan fingerprint density at radius 3 is 2.96 bits per heavy atom. The molecule has 1 amide bonds. The maximum Gasteiger partial charge on any atom is 0.280 e. The zero-order chi connectivity index (χ0) is 18.1. The molecule has 0 radical (unpaired) electrons. The molecule has 4 atom stereocenters. The minimum atomic E-state index is -1.17. The number of ether oxygens (including phenoxy) is 1. The number of hydrogen-bond acceptors (Lipinski definition) is 9. The van der Waals surface area contributed by atoms with Crippen molar-refractivity contribution in [3.05, 3.63) is 16.7 Å². The van der Waals surface area contributed by atoms with Gasteiger partial charge in [0.15, 0.2) is 17.4 Å². The third-order valence-corrected chi connectivity index (χ3v) is 3.97. The molecule has 0 aliphatic carbocycles. The van der Waals surface area contributed by atoms with Crippen LogP contribution in [0.2, 0.25) is 0 Å². The maximum absolute atomic E-state index is 11.9. The monoisotopic (exact) mass is 353 g/mol. The number of rotatable bonds is 5. The quantitative estimate of drug-likeness (QED) is 0.320. The summed E-state index contributed by atoms with van der Waals surface area (Å²) in [4.78, 5) is 34.1. The second-order valence-corrected chi connectivity index (χ2v) is 5.65. The van der Waals surface area contributed by atoms with E-state index in [-0.39, 0.29) is 36.0 Å². The van der Waals surface area contributed by atoms with E-state index in [2.05, 4.69) is 20.3 Å². The summed E-state index contributed by atoms with van der Waals surface area (Å²) in [5, 5.41) is 22.3. The highest BCUT2D eigenvalue weighted by molar-refractivity contribution is 5.76. The molecule has 12 nitrogen and oxygen atoms in total. The number of nitrogens with two attached hydrogens (primary N) is 2. The number of nitrogens with one attached hydrogen (secondary N) is 2. The fraction of sp³-hybridized carbons (Fsp3) is 0.538. The molecule has 0 saturated carbocycles. The van der Waals surface area contributed by atoms with Crippen LogP contribution in [0.1, 0.15) is 12.6 Å². The van der Waals surface area contributed by atoms with Crippen LogP contribution in [-0.2, 0) is 9.53 Å². The first-order chi connectivity index (χ1) is 12.0. The van der Waals surface area contributed by atoms with E-state index in [9.17, 15) is 19.8 Å². The fourth-order valence-corrected chi connectivity index (χ4v) is 2.81. The average Bonchev–Trinajstić information content (AvgIpc) is 3.10. The van der Waals surface area contributed by atoms with Gasteiger partial charge in [-0.05, 0) is 0 Å². The van der Waals surface area contributed by atoms with E-state index in [1.165, 1.54) is 10.9 Å². The van der Waals surface area contributed by atoms with Crippen LogP contribution < -0.4 is 22.3 Å². The van der Waals surface area contributed by atoms with E-state index in [1.807, 2.05) is 0 Å². The number of H-pyrrole nitrogens is 1. The highest BCUT2D eigenvalue weighted by atomic mass is 16.5. The van der Waals surface area contributed by atoms with Crippen molar-refractivity contribution in [1.29, 1.82) is 0 Å². The van der Waals surface area contributed by atoms with E-state index in [0.717, 1.165) is 0 Å². The van der Waals surface area contributed by atoms with Gasteiger partial charge in [0.25, 0.3) is 5.56 Å². The first-order valence-corrected chi connectivity index (χ1v) is 7.62. The first-order valence-electron chi connectivity index (χ1n) is 7.62. The minimum absolute atomic E-state index is 0.0340. The van der Waals surface area contributed by atoms with Gasteiger partial charge in [-0.25, -0.2) is 4.98 Å². The predicted octanol–water partition coefficient (Wildman–Crippen LogP) is -3.21. The van der Waals surface area contributed by atoms with Gasteiger partial charge < -0.3 is 31.7 Å². The molecule has 3 rings (SSSR count). The van der Waals surface area contributed by atoms with Gasteiger partial charge in [-0.2, -0.15) is 4.98 Å². The Morgan fingerprint density at radius 2 is 2.28 bits per heavy atom. The third-order valence-electron chi connectivity index (χ3n) is 3.97. The van der Waals surface area contributed by atoms with Crippen LogP contribution in [-0.4, -0.2) is 67.0 Å². The number of carbonyl (C=O) groups excluding carboxylic acids is 1. The molecule has 1 fully saturated rings. The van der Waals surface area contributed by atoms with Gasteiger partial charge in [0.05, 0.1) is 12.9 Å². The lowest BCUT2D eigenvalue weighted by atomic mass is 10.1. The summed E-state index contributed by atoms with van der Waals surface area (Å²) in [5.74, 6) is -0.492. The zero-order valence-electron chi connectivity index (χ0n) is 13.1. The zero-order valence-corrected chi connectivity index (χ0v) is 13.1. The van der Waals surface area contributed by atoms with Crippen molar-refractivity contribution in [2.75, 3.05) is 18.9 Å². The number of aliphatic hydroxyl groups excluding tert-OH is 2. The summed E-state index contributed by atoms with van der Waals surface area (Å²) in [6, 6.07) is -0.893. The highest BCUT2D eigenvalue weighted by Crippen LogP contribution is 2.31. The largest absolute Gasteiger partial charge is 0.394 e. The summed E-state index contributed by atoms with van der Waals surface area (Å²) in [5.41, 5.74) is 10.6. The number of amides is 1. The number of nitrogens with zero attached hydrogens (tertiary/aromatic N) is 3. The van der Waals surface area contributed by atoms with Gasteiger partial charge in [-0.3, -0.25) is 19.1 Å². The van der Waals surface area contributed by atoms with E-state index >= 15 is 0 Å². The topological polar surface area (TPSA) is 194 Å². The van der Waals surface area contributed by atoms with E-state index in [0.29, 0.717) is 0 Å². The Kier molecular flexibility index (Phi) is 4.67.